The van der Waals surface area contributed by atoms with Gasteiger partial charge < -0.3 is 0 Å². The zero-order chi connectivity index (χ0) is 10.5. The molecule has 0 amide bonds. The van der Waals surface area contributed by atoms with Crippen LogP contribution in [0.5, 0.6) is 0 Å². The molecule has 2 aliphatic rings. The molecule has 3 unspecified atom stereocenters. The third kappa shape index (κ3) is 3.22. The van der Waals surface area contributed by atoms with Crippen molar-refractivity contribution >= 4 is 0 Å². The number of hydrogen-bond donors (Lipinski definition) is 0. The molecule has 0 radical (unpaired) electrons. The Morgan fingerprint density at radius 2 is 1.67 bits per heavy atom. The first-order chi connectivity index (χ1) is 7.36. The molecule has 0 saturated carbocycles. The van der Waals surface area contributed by atoms with E-state index in [1.807, 2.05) is 0 Å². The molecule has 15 heavy (non-hydrogen) atoms. The Morgan fingerprint density at radius 3 is 2.60 bits per heavy atom. The van der Waals surface area contributed by atoms with Gasteiger partial charge in [-0.2, -0.15) is 0 Å². The van der Waals surface area contributed by atoms with E-state index in [4.69, 9.17) is 0 Å². The van der Waals surface area contributed by atoms with Crippen LogP contribution in [0.1, 0.15) is 51.9 Å². The Bertz CT molecular complexity index is 236. The van der Waals surface area contributed by atoms with Crippen molar-refractivity contribution in [2.45, 2.75) is 51.9 Å². The number of allylic oxidation sites excluding steroid dienone is 4. The highest BCUT2D eigenvalue weighted by molar-refractivity contribution is 5.02. The molecular formula is C15H24. The predicted molar refractivity (Wildman–Crippen MR) is 66.7 cm³/mol. The van der Waals surface area contributed by atoms with Crippen LogP contribution in [0.25, 0.3) is 0 Å². The number of hydrogen-bond acceptors (Lipinski definition) is 0. The standard InChI is InChI=1S/C15H24/c1-13-7-6-10-15(12-11-13)14-8-4-2-3-5-9-14/h4,6,8,10,13-15H,2-3,5,7,9,11-12H2,1H3. The van der Waals surface area contributed by atoms with Gasteiger partial charge in [0.2, 0.25) is 0 Å². The average Bonchev–Trinajstić information content (AvgIpc) is 2.59. The van der Waals surface area contributed by atoms with Gasteiger partial charge in [0.25, 0.3) is 0 Å². The lowest BCUT2D eigenvalue weighted by Crippen LogP contribution is -2.10. The van der Waals surface area contributed by atoms with Crippen LogP contribution in [0.2, 0.25) is 0 Å². The molecule has 0 aromatic rings. The van der Waals surface area contributed by atoms with E-state index >= 15 is 0 Å². The molecule has 2 rings (SSSR count). The van der Waals surface area contributed by atoms with E-state index in [1.165, 1.54) is 44.9 Å². The molecule has 0 aliphatic heterocycles. The van der Waals surface area contributed by atoms with E-state index in [-0.39, 0.29) is 0 Å². The molecule has 0 N–H and O–H groups in total. The van der Waals surface area contributed by atoms with Crippen molar-refractivity contribution in [2.24, 2.45) is 17.8 Å². The summed E-state index contributed by atoms with van der Waals surface area (Å²) in [6.07, 6.45) is 19.5. The van der Waals surface area contributed by atoms with Gasteiger partial charge >= 0.3 is 0 Å². The largest absolute Gasteiger partial charge is 0.0882 e. The van der Waals surface area contributed by atoms with Gasteiger partial charge in [-0.3, -0.25) is 0 Å². The minimum absolute atomic E-state index is 0.837. The lowest BCUT2D eigenvalue weighted by molar-refractivity contribution is 0.384. The van der Waals surface area contributed by atoms with Gasteiger partial charge in [-0.25, -0.2) is 0 Å². The van der Waals surface area contributed by atoms with E-state index in [0.717, 1.165) is 17.8 Å². The highest BCUT2D eigenvalue weighted by atomic mass is 14.2. The second kappa shape index (κ2) is 5.53. The lowest BCUT2D eigenvalue weighted by atomic mass is 9.85. The molecule has 0 aromatic heterocycles. The van der Waals surface area contributed by atoms with Gasteiger partial charge in [-0.1, -0.05) is 37.6 Å². The lowest BCUT2D eigenvalue weighted by Gasteiger charge is -2.20. The van der Waals surface area contributed by atoms with Crippen molar-refractivity contribution in [1.82, 2.24) is 0 Å². The van der Waals surface area contributed by atoms with Crippen LogP contribution in [0.4, 0.5) is 0 Å². The maximum Gasteiger partial charge on any atom is -0.0170 e. The van der Waals surface area contributed by atoms with Crippen LogP contribution in [-0.2, 0) is 0 Å². The van der Waals surface area contributed by atoms with Crippen molar-refractivity contribution in [1.29, 1.82) is 0 Å². The first kappa shape index (κ1) is 11.0. The second-order valence-electron chi connectivity index (χ2n) is 5.39. The van der Waals surface area contributed by atoms with Gasteiger partial charge in [-0.05, 0) is 56.3 Å². The second-order valence-corrected chi connectivity index (χ2v) is 5.39. The van der Waals surface area contributed by atoms with Crippen LogP contribution in [-0.4, -0.2) is 0 Å². The zero-order valence-electron chi connectivity index (χ0n) is 9.99. The first-order valence-electron chi connectivity index (χ1n) is 6.69. The first-order valence-corrected chi connectivity index (χ1v) is 6.69. The normalized spacial score (nSPS) is 37.3. The summed E-state index contributed by atoms with van der Waals surface area (Å²) in [6, 6.07) is 0. The summed E-state index contributed by atoms with van der Waals surface area (Å²) in [5, 5.41) is 0. The van der Waals surface area contributed by atoms with Gasteiger partial charge in [-0.15, -0.1) is 0 Å². The van der Waals surface area contributed by atoms with E-state index in [0.29, 0.717) is 0 Å². The summed E-state index contributed by atoms with van der Waals surface area (Å²) in [5.41, 5.74) is 0. The molecule has 0 spiro atoms. The fourth-order valence-electron chi connectivity index (χ4n) is 2.90. The molecule has 84 valence electrons. The van der Waals surface area contributed by atoms with Crippen LogP contribution in [0.15, 0.2) is 24.3 Å². The van der Waals surface area contributed by atoms with E-state index in [9.17, 15) is 0 Å². The Kier molecular flexibility index (Phi) is 4.05. The van der Waals surface area contributed by atoms with E-state index in [2.05, 4.69) is 31.2 Å². The molecule has 0 heteroatoms. The highest BCUT2D eigenvalue weighted by Gasteiger charge is 2.19. The predicted octanol–water partition coefficient (Wildman–Crippen LogP) is 4.73. The topological polar surface area (TPSA) is 0 Å². The fourth-order valence-corrected chi connectivity index (χ4v) is 2.90. The van der Waals surface area contributed by atoms with E-state index < -0.39 is 0 Å². The van der Waals surface area contributed by atoms with Crippen molar-refractivity contribution in [3.05, 3.63) is 24.3 Å². The Hall–Kier alpha value is -0.520. The van der Waals surface area contributed by atoms with Gasteiger partial charge in [0.1, 0.15) is 0 Å². The Balaban J connectivity index is 1.96. The smallest absolute Gasteiger partial charge is 0.0170 e. The molecule has 0 nitrogen and oxygen atoms in total. The highest BCUT2D eigenvalue weighted by Crippen LogP contribution is 2.32. The van der Waals surface area contributed by atoms with Gasteiger partial charge in [0.05, 0.1) is 0 Å². The zero-order valence-corrected chi connectivity index (χ0v) is 9.99. The summed E-state index contributed by atoms with van der Waals surface area (Å²) >= 11 is 0. The van der Waals surface area contributed by atoms with Crippen molar-refractivity contribution in [3.8, 4) is 0 Å². The van der Waals surface area contributed by atoms with E-state index in [1.54, 1.807) is 0 Å². The Labute approximate surface area is 94.5 Å². The molecular weight excluding hydrogens is 180 g/mol. The molecule has 0 bridgehead atoms. The molecule has 0 saturated heterocycles. The molecule has 0 fully saturated rings. The average molecular weight is 204 g/mol. The van der Waals surface area contributed by atoms with Crippen molar-refractivity contribution < 1.29 is 0 Å². The summed E-state index contributed by atoms with van der Waals surface area (Å²) in [4.78, 5) is 0. The minimum atomic E-state index is 0.837. The van der Waals surface area contributed by atoms with Gasteiger partial charge in [0, 0.05) is 0 Å². The summed E-state index contributed by atoms with van der Waals surface area (Å²) in [7, 11) is 0. The van der Waals surface area contributed by atoms with Crippen molar-refractivity contribution in [3.63, 3.8) is 0 Å². The molecule has 0 aromatic carbocycles. The molecule has 0 heterocycles. The number of rotatable bonds is 1. The monoisotopic (exact) mass is 204 g/mol. The van der Waals surface area contributed by atoms with Crippen molar-refractivity contribution in [2.75, 3.05) is 0 Å². The van der Waals surface area contributed by atoms with Gasteiger partial charge in [0.15, 0.2) is 0 Å². The third-order valence-corrected chi connectivity index (χ3v) is 4.01. The van der Waals surface area contributed by atoms with Crippen LogP contribution < -0.4 is 0 Å². The quantitative estimate of drug-likeness (QED) is 0.542. The summed E-state index contributed by atoms with van der Waals surface area (Å²) in [6.45, 7) is 2.38. The molecule has 2 aliphatic carbocycles. The summed E-state index contributed by atoms with van der Waals surface area (Å²) in [5.74, 6) is 2.58. The summed E-state index contributed by atoms with van der Waals surface area (Å²) < 4.78 is 0. The SMILES string of the molecule is CC1CC=CC(C2C=CCCCC2)CC1. The minimum Gasteiger partial charge on any atom is -0.0882 e. The molecule has 3 atom stereocenters. The fraction of sp³-hybridized carbons (Fsp3) is 0.733. The van der Waals surface area contributed by atoms with Crippen LogP contribution >= 0.6 is 0 Å². The Morgan fingerprint density at radius 1 is 0.867 bits per heavy atom. The van der Waals surface area contributed by atoms with Crippen LogP contribution in [0, 0.1) is 17.8 Å². The maximum atomic E-state index is 2.50. The maximum absolute atomic E-state index is 2.50. The van der Waals surface area contributed by atoms with Crippen LogP contribution in [0.3, 0.4) is 0 Å². The third-order valence-electron chi connectivity index (χ3n) is 4.01.